The molecule has 0 radical (unpaired) electrons. The summed E-state index contributed by atoms with van der Waals surface area (Å²) in [6.45, 7) is 1.62. The summed E-state index contributed by atoms with van der Waals surface area (Å²) in [6, 6.07) is 7.28. The average Bonchev–Trinajstić information content (AvgIpc) is 2.84. The second kappa shape index (κ2) is 6.64. The van der Waals surface area contributed by atoms with Crippen molar-refractivity contribution < 1.29 is 19.1 Å². The molecule has 1 aliphatic heterocycles. The number of esters is 1. The Hall–Kier alpha value is -2.63. The molecule has 2 rings (SSSR count). The van der Waals surface area contributed by atoms with Crippen molar-refractivity contribution in [1.29, 1.82) is 0 Å². The summed E-state index contributed by atoms with van der Waals surface area (Å²) in [4.78, 5) is 36.1. The number of hydrogen-bond acceptors (Lipinski definition) is 4. The lowest BCUT2D eigenvalue weighted by atomic mass is 9.75. The number of benzene rings is 1. The molecule has 122 valence electrons. The van der Waals surface area contributed by atoms with E-state index in [0.29, 0.717) is 11.3 Å². The van der Waals surface area contributed by atoms with Gasteiger partial charge in [-0.05, 0) is 25.0 Å². The lowest BCUT2D eigenvalue weighted by molar-refractivity contribution is -0.136. The summed E-state index contributed by atoms with van der Waals surface area (Å²) < 4.78 is 4.67. The van der Waals surface area contributed by atoms with Gasteiger partial charge in [-0.1, -0.05) is 24.3 Å². The summed E-state index contributed by atoms with van der Waals surface area (Å²) in [5.41, 5.74) is 0.848. The van der Waals surface area contributed by atoms with Gasteiger partial charge in [-0.2, -0.15) is 0 Å². The van der Waals surface area contributed by atoms with Crippen molar-refractivity contribution in [3.8, 4) is 0 Å². The Kier molecular flexibility index (Phi) is 4.83. The summed E-state index contributed by atoms with van der Waals surface area (Å²) in [7, 11) is 2.84. The van der Waals surface area contributed by atoms with E-state index in [4.69, 9.17) is 0 Å². The number of fused-ring (bicyclic) bond motifs is 1. The molecule has 0 bridgehead atoms. The monoisotopic (exact) mass is 316 g/mol. The number of hydrogen-bond donors (Lipinski definition) is 2. The Labute approximate surface area is 134 Å². The van der Waals surface area contributed by atoms with Crippen LogP contribution in [-0.2, 0) is 24.5 Å². The fourth-order valence-electron chi connectivity index (χ4n) is 2.76. The van der Waals surface area contributed by atoms with Crippen LogP contribution in [0, 0.1) is 0 Å². The molecule has 0 saturated carbocycles. The Balaban J connectivity index is 2.44. The molecule has 0 spiro atoms. The quantitative estimate of drug-likeness (QED) is 0.637. The van der Waals surface area contributed by atoms with Gasteiger partial charge in [-0.25, -0.2) is 4.79 Å². The van der Waals surface area contributed by atoms with Gasteiger partial charge >= 0.3 is 5.97 Å². The van der Waals surface area contributed by atoms with Crippen molar-refractivity contribution in [2.45, 2.75) is 25.2 Å². The van der Waals surface area contributed by atoms with E-state index in [-0.39, 0.29) is 24.7 Å². The molecule has 1 heterocycles. The maximum atomic E-state index is 12.6. The van der Waals surface area contributed by atoms with Crippen molar-refractivity contribution in [2.24, 2.45) is 0 Å². The van der Waals surface area contributed by atoms with Crippen molar-refractivity contribution in [3.63, 3.8) is 0 Å². The maximum absolute atomic E-state index is 12.6. The van der Waals surface area contributed by atoms with Gasteiger partial charge in [0.2, 0.25) is 11.8 Å². The normalized spacial score (nSPS) is 19.8. The maximum Gasteiger partial charge on any atom is 0.333 e. The average molecular weight is 316 g/mol. The molecule has 0 fully saturated rings. The number of carbonyl (C=O) groups is 3. The zero-order chi connectivity index (χ0) is 17.0. The number of rotatable bonds is 5. The van der Waals surface area contributed by atoms with E-state index in [1.807, 2.05) is 18.2 Å². The van der Waals surface area contributed by atoms with Crippen LogP contribution >= 0.6 is 0 Å². The second-order valence-corrected chi connectivity index (χ2v) is 5.51. The second-order valence-electron chi connectivity index (χ2n) is 5.51. The van der Waals surface area contributed by atoms with E-state index in [1.165, 1.54) is 14.2 Å². The molecule has 1 aromatic rings. The zero-order valence-corrected chi connectivity index (χ0v) is 13.4. The molecule has 1 aliphatic rings. The van der Waals surface area contributed by atoms with Crippen molar-refractivity contribution >= 4 is 23.5 Å². The van der Waals surface area contributed by atoms with Gasteiger partial charge in [0.15, 0.2) is 0 Å². The summed E-state index contributed by atoms with van der Waals surface area (Å²) >= 11 is 0. The van der Waals surface area contributed by atoms with Crippen LogP contribution in [0.5, 0.6) is 0 Å². The molecule has 1 aromatic carbocycles. The first-order valence-electron chi connectivity index (χ1n) is 7.31. The highest BCUT2D eigenvalue weighted by atomic mass is 16.5. The van der Waals surface area contributed by atoms with Crippen LogP contribution in [0.1, 0.15) is 25.3 Å². The summed E-state index contributed by atoms with van der Waals surface area (Å²) in [6.07, 6.45) is 1.90. The molecule has 2 N–H and O–H groups in total. The minimum absolute atomic E-state index is 0.0112. The lowest BCUT2D eigenvalue weighted by Crippen LogP contribution is -2.39. The van der Waals surface area contributed by atoms with E-state index in [2.05, 4.69) is 15.4 Å². The van der Waals surface area contributed by atoms with E-state index in [9.17, 15) is 14.4 Å². The molecule has 0 aliphatic carbocycles. The predicted molar refractivity (Wildman–Crippen MR) is 85.8 cm³/mol. The predicted octanol–water partition coefficient (Wildman–Crippen LogP) is 1.52. The molecular weight excluding hydrogens is 296 g/mol. The van der Waals surface area contributed by atoms with Crippen LogP contribution in [0.4, 0.5) is 5.69 Å². The van der Waals surface area contributed by atoms with Crippen LogP contribution in [-0.4, -0.2) is 31.9 Å². The van der Waals surface area contributed by atoms with Crippen LogP contribution in [0.2, 0.25) is 0 Å². The number of para-hydroxylation sites is 1. The number of allylic oxidation sites excluding steroid dienone is 1. The Morgan fingerprint density at radius 1 is 1.35 bits per heavy atom. The third kappa shape index (κ3) is 3.11. The molecule has 6 heteroatoms. The summed E-state index contributed by atoms with van der Waals surface area (Å²) in [5.74, 6) is -0.927. The van der Waals surface area contributed by atoms with Gasteiger partial charge in [0, 0.05) is 24.7 Å². The number of nitrogens with one attached hydrogen (secondary N) is 2. The first kappa shape index (κ1) is 16.7. The zero-order valence-electron chi connectivity index (χ0n) is 13.4. The molecule has 1 atom stereocenters. The van der Waals surface area contributed by atoms with Crippen molar-refractivity contribution in [1.82, 2.24) is 5.32 Å². The highest BCUT2D eigenvalue weighted by Gasteiger charge is 2.47. The Morgan fingerprint density at radius 3 is 2.70 bits per heavy atom. The Bertz CT molecular complexity index is 681. The smallest absolute Gasteiger partial charge is 0.333 e. The first-order valence-corrected chi connectivity index (χ1v) is 7.31. The fourth-order valence-corrected chi connectivity index (χ4v) is 2.76. The SMILES string of the molecule is CNC(=O)C[C@]1(C/C=C(\C)C(=O)OC)C(=O)Nc2ccccc21. The number of amides is 2. The largest absolute Gasteiger partial charge is 0.466 e. The lowest BCUT2D eigenvalue weighted by Gasteiger charge is -2.25. The fraction of sp³-hybridized carbons (Fsp3) is 0.353. The molecule has 23 heavy (non-hydrogen) atoms. The number of ether oxygens (including phenoxy) is 1. The third-order valence-electron chi connectivity index (χ3n) is 4.13. The van der Waals surface area contributed by atoms with E-state index < -0.39 is 11.4 Å². The number of carbonyl (C=O) groups excluding carboxylic acids is 3. The van der Waals surface area contributed by atoms with Crippen LogP contribution in [0.15, 0.2) is 35.9 Å². The molecule has 0 saturated heterocycles. The van der Waals surface area contributed by atoms with Crippen LogP contribution in [0.3, 0.4) is 0 Å². The summed E-state index contributed by atoms with van der Waals surface area (Å²) in [5, 5.41) is 5.38. The van der Waals surface area contributed by atoms with Gasteiger partial charge in [-0.15, -0.1) is 0 Å². The highest BCUT2D eigenvalue weighted by Crippen LogP contribution is 2.43. The van der Waals surface area contributed by atoms with Crippen molar-refractivity contribution in [2.75, 3.05) is 19.5 Å². The minimum Gasteiger partial charge on any atom is -0.466 e. The van der Waals surface area contributed by atoms with Crippen LogP contribution < -0.4 is 10.6 Å². The van der Waals surface area contributed by atoms with Crippen molar-refractivity contribution in [3.05, 3.63) is 41.5 Å². The number of methoxy groups -OCH3 is 1. The van der Waals surface area contributed by atoms with Gasteiger partial charge in [0.25, 0.3) is 0 Å². The highest BCUT2D eigenvalue weighted by molar-refractivity contribution is 6.08. The third-order valence-corrected chi connectivity index (χ3v) is 4.13. The molecular formula is C17H20N2O4. The minimum atomic E-state index is -1.02. The Morgan fingerprint density at radius 2 is 2.04 bits per heavy atom. The van der Waals surface area contributed by atoms with E-state index in [1.54, 1.807) is 19.1 Å². The van der Waals surface area contributed by atoms with Gasteiger partial charge in [0.05, 0.1) is 12.5 Å². The van der Waals surface area contributed by atoms with Gasteiger partial charge in [0.1, 0.15) is 0 Å². The van der Waals surface area contributed by atoms with E-state index >= 15 is 0 Å². The standard InChI is InChI=1S/C17H20N2O4/c1-11(15(21)23-3)8-9-17(10-14(20)18-2)12-6-4-5-7-13(12)19-16(17)22/h4-8H,9-10H2,1-3H3,(H,18,20)(H,19,22)/b11-8+/t17-/m0/s1. The molecule has 6 nitrogen and oxygen atoms in total. The topological polar surface area (TPSA) is 84.5 Å². The first-order chi connectivity index (χ1) is 10.9. The molecule has 0 unspecified atom stereocenters. The van der Waals surface area contributed by atoms with Crippen LogP contribution in [0.25, 0.3) is 0 Å². The van der Waals surface area contributed by atoms with E-state index in [0.717, 1.165) is 5.56 Å². The number of anilines is 1. The molecule has 2 amide bonds. The van der Waals surface area contributed by atoms with Gasteiger partial charge in [-0.3, -0.25) is 9.59 Å². The molecule has 0 aromatic heterocycles. The van der Waals surface area contributed by atoms with Gasteiger partial charge < -0.3 is 15.4 Å².